The van der Waals surface area contributed by atoms with Crippen LogP contribution in [0.5, 0.6) is 5.75 Å². The maximum atomic E-state index is 13.6. The third-order valence-corrected chi connectivity index (χ3v) is 6.53. The molecule has 34 heavy (non-hydrogen) atoms. The zero-order valence-electron chi connectivity index (χ0n) is 19.0. The molecule has 0 spiro atoms. The summed E-state index contributed by atoms with van der Waals surface area (Å²) in [4.78, 5) is 6.73. The minimum atomic E-state index is -0.368. The number of rotatable bonds is 6. The van der Waals surface area contributed by atoms with Gasteiger partial charge in [-0.15, -0.1) is 0 Å². The lowest BCUT2D eigenvalue weighted by Crippen LogP contribution is -2.48. The maximum Gasteiger partial charge on any atom is 0.258 e. The first-order valence-corrected chi connectivity index (χ1v) is 11.6. The van der Waals surface area contributed by atoms with Crippen molar-refractivity contribution in [2.24, 2.45) is 0 Å². The normalized spacial score (nSPS) is 20.6. The van der Waals surface area contributed by atoms with Crippen molar-refractivity contribution < 1.29 is 18.4 Å². The van der Waals surface area contributed by atoms with Crippen molar-refractivity contribution in [3.05, 3.63) is 71.5 Å². The van der Waals surface area contributed by atoms with E-state index < -0.39 is 0 Å². The molecule has 0 amide bonds. The van der Waals surface area contributed by atoms with Gasteiger partial charge in [0, 0.05) is 17.9 Å². The maximum absolute atomic E-state index is 13.6. The van der Waals surface area contributed by atoms with Gasteiger partial charge in [-0.05, 0) is 61.8 Å². The van der Waals surface area contributed by atoms with E-state index in [0.717, 1.165) is 41.8 Å². The summed E-state index contributed by atoms with van der Waals surface area (Å²) < 4.78 is 30.6. The summed E-state index contributed by atoms with van der Waals surface area (Å²) in [5.41, 5.74) is 3.31. The van der Waals surface area contributed by atoms with Crippen LogP contribution in [0.3, 0.4) is 0 Å². The van der Waals surface area contributed by atoms with E-state index in [9.17, 15) is 4.39 Å². The average molecular weight is 481 g/mol. The van der Waals surface area contributed by atoms with Gasteiger partial charge >= 0.3 is 0 Å². The molecule has 0 bridgehead atoms. The number of halogens is 1. The van der Waals surface area contributed by atoms with Crippen molar-refractivity contribution in [1.29, 1.82) is 0 Å². The summed E-state index contributed by atoms with van der Waals surface area (Å²) >= 11 is 5.72. The lowest BCUT2D eigenvalue weighted by atomic mass is 9.94. The first-order valence-electron chi connectivity index (χ1n) is 11.2. The Morgan fingerprint density at radius 2 is 2.06 bits per heavy atom. The molecule has 1 N–H and O–H groups in total. The zero-order valence-corrected chi connectivity index (χ0v) is 19.8. The van der Waals surface area contributed by atoms with Gasteiger partial charge in [-0.3, -0.25) is 0 Å². The minimum Gasteiger partial charge on any atom is -0.497 e. The Morgan fingerprint density at radius 1 is 1.24 bits per heavy atom. The molecule has 5 rings (SSSR count). The van der Waals surface area contributed by atoms with E-state index in [4.69, 9.17) is 31.2 Å². The molecule has 2 aromatic carbocycles. The van der Waals surface area contributed by atoms with E-state index in [-0.39, 0.29) is 18.0 Å². The molecule has 3 heterocycles. The van der Waals surface area contributed by atoms with Crippen LogP contribution in [0.25, 0.3) is 17.0 Å². The summed E-state index contributed by atoms with van der Waals surface area (Å²) in [7, 11) is 1.61. The Bertz CT molecular complexity index is 1220. The van der Waals surface area contributed by atoms with Gasteiger partial charge in [0.15, 0.2) is 5.11 Å². The smallest absolute Gasteiger partial charge is 0.258 e. The van der Waals surface area contributed by atoms with Crippen molar-refractivity contribution in [3.8, 4) is 17.1 Å². The second-order valence-electron chi connectivity index (χ2n) is 8.33. The van der Waals surface area contributed by atoms with Crippen molar-refractivity contribution >= 4 is 22.9 Å². The Labute approximate surface area is 202 Å². The third-order valence-electron chi connectivity index (χ3n) is 6.19. The number of hydrogen-bond acceptors (Lipinski definition) is 6. The molecule has 2 atom stereocenters. The highest BCUT2D eigenvalue weighted by molar-refractivity contribution is 7.80. The van der Waals surface area contributed by atoms with E-state index in [1.165, 1.54) is 12.1 Å². The fourth-order valence-corrected chi connectivity index (χ4v) is 4.72. The van der Waals surface area contributed by atoms with Gasteiger partial charge in [0.2, 0.25) is 5.82 Å². The molecule has 0 radical (unpaired) electrons. The highest BCUT2D eigenvalue weighted by atomic mass is 32.1. The van der Waals surface area contributed by atoms with E-state index in [1.54, 1.807) is 19.2 Å². The van der Waals surface area contributed by atoms with Crippen LogP contribution in [-0.4, -0.2) is 46.5 Å². The predicted molar refractivity (Wildman–Crippen MR) is 129 cm³/mol. The highest BCUT2D eigenvalue weighted by Crippen LogP contribution is 2.38. The second-order valence-corrected chi connectivity index (χ2v) is 8.72. The number of allylic oxidation sites excluding steroid dienone is 1. The summed E-state index contributed by atoms with van der Waals surface area (Å²) in [5.74, 6) is 1.22. The number of nitrogens with zero attached hydrogens (tertiary/aromatic N) is 3. The lowest BCUT2D eigenvalue weighted by Gasteiger charge is -2.38. The Balaban J connectivity index is 1.56. The predicted octanol–water partition coefficient (Wildman–Crippen LogP) is 4.73. The number of benzene rings is 2. The lowest BCUT2D eigenvalue weighted by molar-refractivity contribution is 0.0962. The highest BCUT2D eigenvalue weighted by Gasteiger charge is 2.35. The molecule has 176 valence electrons. The average Bonchev–Trinajstić information content (AvgIpc) is 3.54. The summed E-state index contributed by atoms with van der Waals surface area (Å²) in [6.45, 7) is 3.39. The van der Waals surface area contributed by atoms with Gasteiger partial charge in [-0.25, -0.2) is 4.39 Å². The van der Waals surface area contributed by atoms with Crippen LogP contribution in [0, 0.1) is 5.82 Å². The van der Waals surface area contributed by atoms with E-state index in [0.29, 0.717) is 29.1 Å². The van der Waals surface area contributed by atoms with Crippen molar-refractivity contribution in [3.63, 3.8) is 0 Å². The molecule has 1 aromatic heterocycles. The summed E-state index contributed by atoms with van der Waals surface area (Å²) in [5, 5.41) is 8.20. The Kier molecular flexibility index (Phi) is 6.30. The van der Waals surface area contributed by atoms with Crippen LogP contribution in [0.4, 0.5) is 4.39 Å². The number of methoxy groups -OCH3 is 1. The number of aromatic nitrogens is 2. The van der Waals surface area contributed by atoms with Gasteiger partial charge < -0.3 is 24.2 Å². The summed E-state index contributed by atoms with van der Waals surface area (Å²) in [6, 6.07) is 13.4. The van der Waals surface area contributed by atoms with E-state index in [1.807, 2.05) is 36.1 Å². The van der Waals surface area contributed by atoms with Gasteiger partial charge in [0.1, 0.15) is 11.6 Å². The SMILES string of the molecule is COc1cccc(-c2noc(C3=C(C)N(CC4CCCO4)C(=S)NC3c3ccc(F)cc3)n2)c1. The molecule has 0 saturated carbocycles. The molecule has 9 heteroatoms. The number of hydrogen-bond donors (Lipinski definition) is 1. The number of nitrogens with one attached hydrogen (secondary N) is 1. The fourth-order valence-electron chi connectivity index (χ4n) is 4.39. The molecule has 1 saturated heterocycles. The van der Waals surface area contributed by atoms with Crippen LogP contribution >= 0.6 is 12.2 Å². The largest absolute Gasteiger partial charge is 0.497 e. The molecule has 2 aliphatic heterocycles. The van der Waals surface area contributed by atoms with Crippen LogP contribution in [-0.2, 0) is 4.74 Å². The Hall–Kier alpha value is -3.30. The van der Waals surface area contributed by atoms with Gasteiger partial charge in [0.05, 0.1) is 31.4 Å². The first kappa shape index (κ1) is 22.5. The Morgan fingerprint density at radius 3 is 2.79 bits per heavy atom. The van der Waals surface area contributed by atoms with Crippen LogP contribution in [0.2, 0.25) is 0 Å². The topological polar surface area (TPSA) is 72.7 Å². The quantitative estimate of drug-likeness (QED) is 0.508. The van der Waals surface area contributed by atoms with Crippen molar-refractivity contribution in [1.82, 2.24) is 20.4 Å². The minimum absolute atomic E-state index is 0.105. The monoisotopic (exact) mass is 480 g/mol. The molecule has 2 aliphatic rings. The van der Waals surface area contributed by atoms with Crippen molar-refractivity contribution in [2.45, 2.75) is 31.9 Å². The molecule has 2 unspecified atom stereocenters. The van der Waals surface area contributed by atoms with Crippen LogP contribution < -0.4 is 10.1 Å². The zero-order chi connectivity index (χ0) is 23.7. The van der Waals surface area contributed by atoms with E-state index in [2.05, 4.69) is 10.5 Å². The van der Waals surface area contributed by atoms with Gasteiger partial charge in [-0.1, -0.05) is 29.4 Å². The standard InChI is InChI=1S/C25H25FN4O3S/c1-15-21(24-28-23(29-33-24)17-5-3-6-19(13-17)31-2)22(16-8-10-18(26)11-9-16)27-25(34)30(15)14-20-7-4-12-32-20/h3,5-6,8-11,13,20,22H,4,7,12,14H2,1-2H3,(H,27,34). The molecular weight excluding hydrogens is 455 g/mol. The first-order chi connectivity index (χ1) is 16.5. The van der Waals surface area contributed by atoms with Gasteiger partial charge in [0.25, 0.3) is 5.89 Å². The molecule has 0 aliphatic carbocycles. The number of thiocarbonyl (C=S) groups is 1. The van der Waals surface area contributed by atoms with Crippen molar-refractivity contribution in [2.75, 3.05) is 20.3 Å². The van der Waals surface area contributed by atoms with Crippen LogP contribution in [0.15, 0.2) is 58.8 Å². The second kappa shape index (κ2) is 9.52. The molecular formula is C25H25FN4O3S. The third kappa shape index (κ3) is 4.41. The van der Waals surface area contributed by atoms with Crippen LogP contribution in [0.1, 0.15) is 37.3 Å². The van der Waals surface area contributed by atoms with E-state index >= 15 is 0 Å². The fraction of sp³-hybridized carbons (Fsp3) is 0.320. The molecule has 1 fully saturated rings. The number of ether oxygens (including phenoxy) is 2. The summed E-state index contributed by atoms with van der Waals surface area (Å²) in [6.07, 6.45) is 2.14. The van der Waals surface area contributed by atoms with Gasteiger partial charge in [-0.2, -0.15) is 4.98 Å². The molecule has 7 nitrogen and oxygen atoms in total. The molecule has 3 aromatic rings.